The molecule has 1 heterocycles. The standard InChI is InChI=1S/C13H15BrClN3S/c1-3-6-16-8(2)12-17-18-13(19-12)9-4-5-11(15)10(14)7-9/h4-5,7-8,16H,3,6H2,1-2H3. The number of nitrogens with zero attached hydrogens (tertiary/aromatic N) is 2. The Labute approximate surface area is 130 Å². The highest BCUT2D eigenvalue weighted by Gasteiger charge is 2.13. The molecule has 2 aromatic rings. The number of nitrogens with one attached hydrogen (secondary N) is 1. The third kappa shape index (κ3) is 3.75. The summed E-state index contributed by atoms with van der Waals surface area (Å²) < 4.78 is 0.876. The van der Waals surface area contributed by atoms with Gasteiger partial charge >= 0.3 is 0 Å². The first-order valence-corrected chi connectivity index (χ1v) is 8.12. The van der Waals surface area contributed by atoms with Gasteiger partial charge in [0.25, 0.3) is 0 Å². The summed E-state index contributed by atoms with van der Waals surface area (Å²) in [5.74, 6) is 0. The van der Waals surface area contributed by atoms with Crippen molar-refractivity contribution in [1.29, 1.82) is 0 Å². The van der Waals surface area contributed by atoms with E-state index in [1.54, 1.807) is 11.3 Å². The van der Waals surface area contributed by atoms with Gasteiger partial charge in [-0.1, -0.05) is 35.9 Å². The molecule has 2 rings (SSSR count). The molecular weight excluding hydrogens is 346 g/mol. The minimum atomic E-state index is 0.238. The molecule has 1 atom stereocenters. The van der Waals surface area contributed by atoms with Crippen LogP contribution in [0.5, 0.6) is 0 Å². The Morgan fingerprint density at radius 1 is 1.42 bits per heavy atom. The van der Waals surface area contributed by atoms with Gasteiger partial charge in [0.1, 0.15) is 10.0 Å². The number of rotatable bonds is 5. The third-order valence-electron chi connectivity index (χ3n) is 2.68. The van der Waals surface area contributed by atoms with Crippen LogP contribution in [0, 0.1) is 0 Å². The molecule has 1 aromatic heterocycles. The average Bonchev–Trinajstić information content (AvgIpc) is 2.89. The number of hydrogen-bond acceptors (Lipinski definition) is 4. The zero-order valence-electron chi connectivity index (χ0n) is 10.8. The second kappa shape index (κ2) is 6.79. The first-order chi connectivity index (χ1) is 9.11. The predicted molar refractivity (Wildman–Crippen MR) is 84.8 cm³/mol. The van der Waals surface area contributed by atoms with Crippen molar-refractivity contribution >= 4 is 38.9 Å². The molecule has 0 saturated heterocycles. The summed E-state index contributed by atoms with van der Waals surface area (Å²) >= 11 is 11.0. The lowest BCUT2D eigenvalue weighted by molar-refractivity contribution is 0.564. The molecule has 1 N–H and O–H groups in total. The molecule has 0 aliphatic carbocycles. The molecular formula is C13H15BrClN3S. The van der Waals surface area contributed by atoms with Gasteiger partial charge in [0.05, 0.1) is 11.1 Å². The van der Waals surface area contributed by atoms with E-state index in [2.05, 4.69) is 45.3 Å². The van der Waals surface area contributed by atoms with Crippen molar-refractivity contribution < 1.29 is 0 Å². The summed E-state index contributed by atoms with van der Waals surface area (Å²) in [6.45, 7) is 5.25. The molecule has 0 saturated carbocycles. The van der Waals surface area contributed by atoms with Gasteiger partial charge in [-0.05, 0) is 48.0 Å². The fourth-order valence-electron chi connectivity index (χ4n) is 1.60. The highest BCUT2D eigenvalue weighted by Crippen LogP contribution is 2.31. The van der Waals surface area contributed by atoms with Gasteiger partial charge in [-0.15, -0.1) is 10.2 Å². The van der Waals surface area contributed by atoms with Crippen LogP contribution in [0.3, 0.4) is 0 Å². The summed E-state index contributed by atoms with van der Waals surface area (Å²) in [6.07, 6.45) is 1.11. The van der Waals surface area contributed by atoms with Crippen molar-refractivity contribution in [3.05, 3.63) is 32.7 Å². The van der Waals surface area contributed by atoms with Crippen LogP contribution < -0.4 is 5.32 Å². The van der Waals surface area contributed by atoms with Crippen LogP contribution >= 0.6 is 38.9 Å². The molecule has 0 aliphatic heterocycles. The van der Waals surface area contributed by atoms with E-state index in [9.17, 15) is 0 Å². The lowest BCUT2D eigenvalue weighted by atomic mass is 10.2. The van der Waals surface area contributed by atoms with Crippen molar-refractivity contribution in [3.63, 3.8) is 0 Å². The molecule has 0 bridgehead atoms. The maximum absolute atomic E-state index is 5.99. The van der Waals surface area contributed by atoms with Crippen molar-refractivity contribution in [2.75, 3.05) is 6.54 Å². The molecule has 19 heavy (non-hydrogen) atoms. The Morgan fingerprint density at radius 2 is 2.21 bits per heavy atom. The Kier molecular flexibility index (Phi) is 5.33. The summed E-state index contributed by atoms with van der Waals surface area (Å²) in [5.41, 5.74) is 1.03. The van der Waals surface area contributed by atoms with Gasteiger partial charge in [0.15, 0.2) is 0 Å². The summed E-state index contributed by atoms with van der Waals surface area (Å²) in [4.78, 5) is 0. The molecule has 0 fully saturated rings. The van der Waals surface area contributed by atoms with Crippen LogP contribution in [-0.2, 0) is 0 Å². The predicted octanol–water partition coefficient (Wildman–Crippen LogP) is 4.68. The van der Waals surface area contributed by atoms with E-state index >= 15 is 0 Å². The smallest absolute Gasteiger partial charge is 0.147 e. The minimum Gasteiger partial charge on any atom is -0.308 e. The summed E-state index contributed by atoms with van der Waals surface area (Å²) in [7, 11) is 0. The molecule has 1 aromatic carbocycles. The fourth-order valence-corrected chi connectivity index (χ4v) is 2.97. The van der Waals surface area contributed by atoms with Crippen molar-refractivity contribution in [1.82, 2.24) is 15.5 Å². The lowest BCUT2D eigenvalue weighted by Crippen LogP contribution is -2.18. The van der Waals surface area contributed by atoms with Gasteiger partial charge in [-0.2, -0.15) is 0 Å². The van der Waals surface area contributed by atoms with E-state index in [-0.39, 0.29) is 6.04 Å². The maximum atomic E-state index is 5.99. The van der Waals surface area contributed by atoms with E-state index in [1.807, 2.05) is 18.2 Å². The highest BCUT2D eigenvalue weighted by molar-refractivity contribution is 9.10. The van der Waals surface area contributed by atoms with Crippen LogP contribution in [0.2, 0.25) is 5.02 Å². The van der Waals surface area contributed by atoms with Crippen LogP contribution in [0.1, 0.15) is 31.3 Å². The van der Waals surface area contributed by atoms with Crippen LogP contribution in [0.25, 0.3) is 10.6 Å². The Morgan fingerprint density at radius 3 is 2.89 bits per heavy atom. The fraction of sp³-hybridized carbons (Fsp3) is 0.385. The van der Waals surface area contributed by atoms with Crippen molar-refractivity contribution in [3.8, 4) is 10.6 Å². The Bertz CT molecular complexity index is 559. The lowest BCUT2D eigenvalue weighted by Gasteiger charge is -2.08. The van der Waals surface area contributed by atoms with Crippen LogP contribution in [0.15, 0.2) is 22.7 Å². The molecule has 0 radical (unpaired) electrons. The van der Waals surface area contributed by atoms with E-state index in [4.69, 9.17) is 11.6 Å². The summed E-state index contributed by atoms with van der Waals surface area (Å²) in [5, 5.41) is 14.5. The van der Waals surface area contributed by atoms with Gasteiger partial charge in [0.2, 0.25) is 0 Å². The molecule has 3 nitrogen and oxygen atoms in total. The van der Waals surface area contributed by atoms with Gasteiger partial charge < -0.3 is 5.32 Å². The van der Waals surface area contributed by atoms with E-state index in [0.717, 1.165) is 33.0 Å². The Balaban J connectivity index is 2.18. The number of hydrogen-bond donors (Lipinski definition) is 1. The van der Waals surface area contributed by atoms with Gasteiger partial charge in [0, 0.05) is 10.0 Å². The minimum absolute atomic E-state index is 0.238. The normalized spacial score (nSPS) is 12.6. The molecule has 0 amide bonds. The zero-order chi connectivity index (χ0) is 13.8. The van der Waals surface area contributed by atoms with Gasteiger partial charge in [-0.25, -0.2) is 0 Å². The second-order valence-electron chi connectivity index (χ2n) is 4.25. The first-order valence-electron chi connectivity index (χ1n) is 6.14. The monoisotopic (exact) mass is 359 g/mol. The first kappa shape index (κ1) is 14.9. The molecule has 102 valence electrons. The average molecular weight is 361 g/mol. The van der Waals surface area contributed by atoms with Crippen molar-refractivity contribution in [2.24, 2.45) is 0 Å². The molecule has 1 unspecified atom stereocenters. The molecule has 0 aliphatic rings. The van der Waals surface area contributed by atoms with E-state index in [0.29, 0.717) is 5.02 Å². The SMILES string of the molecule is CCCNC(C)c1nnc(-c2ccc(Cl)c(Br)c2)s1. The number of aromatic nitrogens is 2. The van der Waals surface area contributed by atoms with Crippen LogP contribution in [-0.4, -0.2) is 16.7 Å². The van der Waals surface area contributed by atoms with E-state index in [1.165, 1.54) is 0 Å². The number of benzene rings is 1. The van der Waals surface area contributed by atoms with Crippen LogP contribution in [0.4, 0.5) is 0 Å². The molecule has 6 heteroatoms. The zero-order valence-corrected chi connectivity index (χ0v) is 13.9. The Hall–Kier alpha value is -0.490. The van der Waals surface area contributed by atoms with E-state index < -0.39 is 0 Å². The summed E-state index contributed by atoms with van der Waals surface area (Å²) in [6, 6.07) is 6.03. The maximum Gasteiger partial charge on any atom is 0.147 e. The quantitative estimate of drug-likeness (QED) is 0.841. The third-order valence-corrected chi connectivity index (χ3v) is 5.05. The van der Waals surface area contributed by atoms with Gasteiger partial charge in [-0.3, -0.25) is 0 Å². The largest absolute Gasteiger partial charge is 0.308 e. The highest BCUT2D eigenvalue weighted by atomic mass is 79.9. The molecule has 0 spiro atoms. The number of halogens is 2. The second-order valence-corrected chi connectivity index (χ2v) is 6.52. The van der Waals surface area contributed by atoms with Crippen molar-refractivity contribution in [2.45, 2.75) is 26.3 Å². The topological polar surface area (TPSA) is 37.8 Å².